The number of phenolic OH excluding ortho intramolecular Hbond substituents is 1. The van der Waals surface area contributed by atoms with Crippen molar-refractivity contribution in [3.05, 3.63) is 78.4 Å². The molecule has 0 atom stereocenters. The van der Waals surface area contributed by atoms with Crippen molar-refractivity contribution in [2.75, 3.05) is 13.1 Å². The zero-order chi connectivity index (χ0) is 21.3. The van der Waals surface area contributed by atoms with Crippen LogP contribution in [0.2, 0.25) is 0 Å². The van der Waals surface area contributed by atoms with E-state index in [-0.39, 0.29) is 0 Å². The van der Waals surface area contributed by atoms with E-state index in [0.717, 1.165) is 19.6 Å². The highest BCUT2D eigenvalue weighted by molar-refractivity contribution is 5.64. The number of benzene rings is 2. The van der Waals surface area contributed by atoms with Crippen LogP contribution >= 0.6 is 0 Å². The van der Waals surface area contributed by atoms with E-state index in [9.17, 15) is 30.3 Å². The minimum atomic E-state index is -1.21. The van der Waals surface area contributed by atoms with Crippen LogP contribution in [0.1, 0.15) is 19.4 Å². The average Bonchev–Trinajstić information content (AvgIpc) is 2.66. The number of hydrogen-bond donors (Lipinski definition) is 1. The van der Waals surface area contributed by atoms with Gasteiger partial charge in [-0.2, -0.15) is 0 Å². The van der Waals surface area contributed by atoms with Crippen LogP contribution in [-0.2, 0) is 6.54 Å². The van der Waals surface area contributed by atoms with Crippen LogP contribution in [-0.4, -0.2) is 37.9 Å². The van der Waals surface area contributed by atoms with E-state index in [1.165, 1.54) is 5.56 Å². The first-order valence-electron chi connectivity index (χ1n) is 8.27. The molecule has 0 fully saturated rings. The van der Waals surface area contributed by atoms with Gasteiger partial charge in [0.05, 0.1) is 26.9 Å². The van der Waals surface area contributed by atoms with Crippen LogP contribution in [0.4, 0.5) is 17.1 Å². The summed E-state index contributed by atoms with van der Waals surface area (Å²) in [6.07, 6.45) is 0. The highest BCUT2D eigenvalue weighted by Crippen LogP contribution is 2.38. The number of nitro groups is 3. The van der Waals surface area contributed by atoms with Gasteiger partial charge in [0, 0.05) is 6.54 Å². The third-order valence-electron chi connectivity index (χ3n) is 3.80. The first kappa shape index (κ1) is 22.4. The fourth-order valence-corrected chi connectivity index (χ4v) is 2.26. The van der Waals surface area contributed by atoms with Gasteiger partial charge in [-0.3, -0.25) is 35.2 Å². The maximum Gasteiger partial charge on any atom is 0.324 e. The van der Waals surface area contributed by atoms with E-state index in [0.29, 0.717) is 12.1 Å². The first-order chi connectivity index (χ1) is 13.2. The zero-order valence-corrected chi connectivity index (χ0v) is 15.3. The SMILES string of the molecule is CCN(CC)Cc1ccccc1.O=[N+]([O-])c1cc([N+](=O)[O-])c(O)c([N+](=O)[O-])c1. The van der Waals surface area contributed by atoms with Crippen molar-refractivity contribution in [2.24, 2.45) is 0 Å². The Morgan fingerprint density at radius 3 is 1.68 bits per heavy atom. The zero-order valence-electron chi connectivity index (χ0n) is 15.3. The lowest BCUT2D eigenvalue weighted by molar-refractivity contribution is -0.404. The molecule has 11 nitrogen and oxygen atoms in total. The normalized spacial score (nSPS) is 10.1. The second-order valence-corrected chi connectivity index (χ2v) is 5.55. The predicted octanol–water partition coefficient (Wildman–Crippen LogP) is 3.65. The molecule has 1 N–H and O–H groups in total. The van der Waals surface area contributed by atoms with Gasteiger partial charge in [-0.25, -0.2) is 0 Å². The molecule has 0 aromatic heterocycles. The van der Waals surface area contributed by atoms with Crippen molar-refractivity contribution in [3.8, 4) is 5.75 Å². The number of non-ortho nitro benzene ring substituents is 1. The summed E-state index contributed by atoms with van der Waals surface area (Å²) < 4.78 is 0. The fourth-order valence-electron chi connectivity index (χ4n) is 2.26. The van der Waals surface area contributed by atoms with Gasteiger partial charge in [0.1, 0.15) is 0 Å². The van der Waals surface area contributed by atoms with E-state index < -0.39 is 37.6 Å². The largest absolute Gasteiger partial charge is 0.497 e. The summed E-state index contributed by atoms with van der Waals surface area (Å²) in [5, 5.41) is 40.2. The molecule has 0 saturated carbocycles. The maximum atomic E-state index is 10.4. The van der Waals surface area contributed by atoms with Crippen LogP contribution in [0.25, 0.3) is 0 Å². The molecule has 0 amide bonds. The summed E-state index contributed by atoms with van der Waals surface area (Å²) in [5.74, 6) is -1.21. The van der Waals surface area contributed by atoms with Crippen molar-refractivity contribution in [3.63, 3.8) is 0 Å². The molecule has 0 radical (unpaired) electrons. The van der Waals surface area contributed by atoms with Gasteiger partial charge in [-0.15, -0.1) is 0 Å². The van der Waals surface area contributed by atoms with Crippen molar-refractivity contribution in [1.82, 2.24) is 4.90 Å². The monoisotopic (exact) mass is 392 g/mol. The Balaban J connectivity index is 0.000000292. The standard InChI is InChI=1S/C11H17N.C6H3N3O7/c1-3-12(4-2)10-11-8-6-5-7-9-11;10-6-4(8(13)14)1-3(7(11)12)2-5(6)9(15)16/h5-9H,3-4,10H2,1-2H3;1-2,10H. The predicted molar refractivity (Wildman–Crippen MR) is 101 cm³/mol. The Morgan fingerprint density at radius 2 is 1.32 bits per heavy atom. The Morgan fingerprint density at radius 1 is 0.857 bits per heavy atom. The summed E-state index contributed by atoms with van der Waals surface area (Å²) in [6.45, 7) is 7.74. The van der Waals surface area contributed by atoms with Crippen LogP contribution in [0, 0.1) is 30.3 Å². The van der Waals surface area contributed by atoms with Gasteiger partial charge < -0.3 is 5.11 Å². The van der Waals surface area contributed by atoms with E-state index >= 15 is 0 Å². The number of nitrogens with zero attached hydrogens (tertiary/aromatic N) is 4. The van der Waals surface area contributed by atoms with Gasteiger partial charge in [-0.05, 0) is 18.7 Å². The quantitative estimate of drug-likeness (QED) is 0.553. The van der Waals surface area contributed by atoms with Crippen molar-refractivity contribution < 1.29 is 19.9 Å². The lowest BCUT2D eigenvalue weighted by Gasteiger charge is -2.17. The molecule has 0 bridgehead atoms. The van der Waals surface area contributed by atoms with Gasteiger partial charge in [0.15, 0.2) is 0 Å². The Labute approximate surface area is 160 Å². The molecular formula is C17H20N4O7. The highest BCUT2D eigenvalue weighted by atomic mass is 16.6. The van der Waals surface area contributed by atoms with Crippen molar-refractivity contribution in [1.29, 1.82) is 0 Å². The van der Waals surface area contributed by atoms with Gasteiger partial charge >= 0.3 is 11.4 Å². The van der Waals surface area contributed by atoms with E-state index in [1.54, 1.807) is 0 Å². The molecule has 2 aromatic carbocycles. The fraction of sp³-hybridized carbons (Fsp3) is 0.294. The lowest BCUT2D eigenvalue weighted by Crippen LogP contribution is -2.21. The smallest absolute Gasteiger partial charge is 0.324 e. The molecule has 0 saturated heterocycles. The number of nitro benzene ring substituents is 3. The van der Waals surface area contributed by atoms with Gasteiger partial charge in [-0.1, -0.05) is 44.2 Å². The molecule has 2 aromatic rings. The average molecular weight is 392 g/mol. The summed E-state index contributed by atoms with van der Waals surface area (Å²) in [5.41, 5.74) is -1.60. The summed E-state index contributed by atoms with van der Waals surface area (Å²) in [6, 6.07) is 11.5. The molecule has 11 heteroatoms. The number of phenols is 1. The highest BCUT2D eigenvalue weighted by Gasteiger charge is 2.30. The molecule has 0 spiro atoms. The van der Waals surface area contributed by atoms with E-state index in [2.05, 4.69) is 49.1 Å². The van der Waals surface area contributed by atoms with Gasteiger partial charge in [0.2, 0.25) is 0 Å². The number of hydrogen-bond acceptors (Lipinski definition) is 8. The second-order valence-electron chi connectivity index (χ2n) is 5.55. The minimum absolute atomic E-state index is 0.447. The summed E-state index contributed by atoms with van der Waals surface area (Å²) in [7, 11) is 0. The minimum Gasteiger partial charge on any atom is -0.497 e. The molecule has 28 heavy (non-hydrogen) atoms. The van der Waals surface area contributed by atoms with E-state index in [4.69, 9.17) is 5.11 Å². The second kappa shape index (κ2) is 10.5. The van der Waals surface area contributed by atoms with Crippen LogP contribution < -0.4 is 0 Å². The Bertz CT molecular complexity index is 804. The molecule has 0 aliphatic carbocycles. The molecule has 0 aliphatic rings. The van der Waals surface area contributed by atoms with Crippen LogP contribution in [0.15, 0.2) is 42.5 Å². The molecule has 0 aliphatic heterocycles. The third-order valence-corrected chi connectivity index (χ3v) is 3.80. The topological polar surface area (TPSA) is 153 Å². The maximum absolute atomic E-state index is 10.4. The Kier molecular flexibility index (Phi) is 8.44. The van der Waals surface area contributed by atoms with E-state index in [1.807, 2.05) is 0 Å². The molecule has 2 rings (SSSR count). The van der Waals surface area contributed by atoms with Crippen molar-refractivity contribution in [2.45, 2.75) is 20.4 Å². The number of rotatable bonds is 7. The Hall–Kier alpha value is -3.60. The molecular weight excluding hydrogens is 372 g/mol. The third kappa shape index (κ3) is 6.29. The number of aromatic hydroxyl groups is 1. The van der Waals surface area contributed by atoms with Crippen LogP contribution in [0.5, 0.6) is 5.75 Å². The summed E-state index contributed by atoms with van der Waals surface area (Å²) >= 11 is 0. The molecule has 0 heterocycles. The molecule has 150 valence electrons. The van der Waals surface area contributed by atoms with Gasteiger partial charge in [0.25, 0.3) is 11.4 Å². The van der Waals surface area contributed by atoms with Crippen molar-refractivity contribution >= 4 is 17.1 Å². The molecule has 0 unspecified atom stereocenters. The lowest BCUT2D eigenvalue weighted by atomic mass is 10.2. The summed E-state index contributed by atoms with van der Waals surface area (Å²) in [4.78, 5) is 30.2. The first-order valence-corrected chi connectivity index (χ1v) is 8.27. The van der Waals surface area contributed by atoms with Crippen LogP contribution in [0.3, 0.4) is 0 Å².